The van der Waals surface area contributed by atoms with Gasteiger partial charge in [0.05, 0.1) is 5.92 Å². The molecule has 1 aromatic heterocycles. The SMILES string of the molecule is CCNc1nc(N2CCCC(C(N)=O)C2)c(F)cc1F. The summed E-state index contributed by atoms with van der Waals surface area (Å²) in [4.78, 5) is 16.9. The molecular weight excluding hydrogens is 266 g/mol. The van der Waals surface area contributed by atoms with E-state index in [9.17, 15) is 13.6 Å². The number of primary amides is 1. The van der Waals surface area contributed by atoms with Crippen molar-refractivity contribution in [2.75, 3.05) is 29.9 Å². The van der Waals surface area contributed by atoms with Crippen LogP contribution in [0.4, 0.5) is 20.4 Å². The number of nitrogens with one attached hydrogen (secondary N) is 1. The summed E-state index contributed by atoms with van der Waals surface area (Å²) in [6, 6.07) is 0.814. The van der Waals surface area contributed by atoms with Gasteiger partial charge in [0, 0.05) is 25.7 Å². The van der Waals surface area contributed by atoms with Crippen LogP contribution in [0.3, 0.4) is 0 Å². The van der Waals surface area contributed by atoms with Crippen molar-refractivity contribution in [3.8, 4) is 0 Å². The largest absolute Gasteiger partial charge is 0.369 e. The fraction of sp³-hybridized carbons (Fsp3) is 0.538. The maximum Gasteiger partial charge on any atom is 0.222 e. The first-order valence-corrected chi connectivity index (χ1v) is 6.67. The van der Waals surface area contributed by atoms with Gasteiger partial charge < -0.3 is 16.0 Å². The van der Waals surface area contributed by atoms with Crippen LogP contribution in [0.2, 0.25) is 0 Å². The second-order valence-corrected chi connectivity index (χ2v) is 4.84. The number of carbonyl (C=O) groups is 1. The Morgan fingerprint density at radius 2 is 2.30 bits per heavy atom. The van der Waals surface area contributed by atoms with E-state index in [4.69, 9.17) is 5.73 Å². The lowest BCUT2D eigenvalue weighted by Gasteiger charge is -2.32. The molecule has 0 saturated carbocycles. The molecule has 1 saturated heterocycles. The summed E-state index contributed by atoms with van der Waals surface area (Å²) in [6.45, 7) is 3.18. The van der Waals surface area contributed by atoms with Crippen molar-refractivity contribution in [2.24, 2.45) is 11.7 Å². The van der Waals surface area contributed by atoms with Gasteiger partial charge in [-0.2, -0.15) is 0 Å². The van der Waals surface area contributed by atoms with E-state index in [2.05, 4.69) is 10.3 Å². The minimum Gasteiger partial charge on any atom is -0.369 e. The number of carbonyl (C=O) groups excluding carboxylic acids is 1. The van der Waals surface area contributed by atoms with Crippen LogP contribution >= 0.6 is 0 Å². The fourth-order valence-electron chi connectivity index (χ4n) is 2.37. The Balaban J connectivity index is 2.27. The monoisotopic (exact) mass is 284 g/mol. The summed E-state index contributed by atoms with van der Waals surface area (Å²) in [7, 11) is 0. The molecule has 3 N–H and O–H groups in total. The molecule has 0 bridgehead atoms. The summed E-state index contributed by atoms with van der Waals surface area (Å²) < 4.78 is 27.4. The van der Waals surface area contributed by atoms with Crippen LogP contribution in [-0.2, 0) is 4.79 Å². The van der Waals surface area contributed by atoms with Crippen LogP contribution < -0.4 is 16.0 Å². The topological polar surface area (TPSA) is 71.2 Å². The van der Waals surface area contributed by atoms with Gasteiger partial charge in [-0.15, -0.1) is 0 Å². The van der Waals surface area contributed by atoms with Crippen molar-refractivity contribution in [2.45, 2.75) is 19.8 Å². The Morgan fingerprint density at radius 3 is 2.95 bits per heavy atom. The molecule has 0 spiro atoms. The molecule has 5 nitrogen and oxygen atoms in total. The lowest BCUT2D eigenvalue weighted by atomic mass is 9.97. The third-order valence-electron chi connectivity index (χ3n) is 3.38. The van der Waals surface area contributed by atoms with Gasteiger partial charge in [-0.1, -0.05) is 0 Å². The molecular formula is C13H18F2N4O. The Kier molecular flexibility index (Phi) is 4.36. The van der Waals surface area contributed by atoms with Crippen LogP contribution in [0, 0.1) is 17.6 Å². The predicted octanol–water partition coefficient (Wildman–Crippen LogP) is 1.49. The number of piperidine rings is 1. The number of halogens is 2. The maximum atomic E-state index is 13.9. The number of nitrogens with two attached hydrogens (primary N) is 1. The molecule has 1 aliphatic rings. The fourth-order valence-corrected chi connectivity index (χ4v) is 2.37. The highest BCUT2D eigenvalue weighted by Crippen LogP contribution is 2.26. The van der Waals surface area contributed by atoms with E-state index >= 15 is 0 Å². The smallest absolute Gasteiger partial charge is 0.222 e. The van der Waals surface area contributed by atoms with Gasteiger partial charge in [0.1, 0.15) is 0 Å². The second-order valence-electron chi connectivity index (χ2n) is 4.84. The van der Waals surface area contributed by atoms with Crippen molar-refractivity contribution >= 4 is 17.5 Å². The maximum absolute atomic E-state index is 13.9. The van der Waals surface area contributed by atoms with Gasteiger partial charge in [0.15, 0.2) is 23.3 Å². The highest BCUT2D eigenvalue weighted by molar-refractivity contribution is 5.77. The number of rotatable bonds is 4. The van der Waals surface area contributed by atoms with Gasteiger partial charge in [-0.05, 0) is 19.8 Å². The van der Waals surface area contributed by atoms with E-state index in [0.717, 1.165) is 12.5 Å². The molecule has 1 amide bonds. The molecule has 1 aromatic rings. The average Bonchev–Trinajstić information content (AvgIpc) is 2.42. The van der Waals surface area contributed by atoms with Crippen molar-refractivity contribution in [3.63, 3.8) is 0 Å². The Hall–Kier alpha value is -1.92. The van der Waals surface area contributed by atoms with E-state index in [-0.39, 0.29) is 17.6 Å². The van der Waals surface area contributed by atoms with Crippen molar-refractivity contribution in [1.82, 2.24) is 4.98 Å². The summed E-state index contributed by atoms with van der Waals surface area (Å²) >= 11 is 0. The number of hydrogen-bond donors (Lipinski definition) is 2. The van der Waals surface area contributed by atoms with Crippen LogP contribution in [-0.4, -0.2) is 30.5 Å². The van der Waals surface area contributed by atoms with Crippen LogP contribution in [0.1, 0.15) is 19.8 Å². The molecule has 2 heterocycles. The van der Waals surface area contributed by atoms with Gasteiger partial charge in [-0.3, -0.25) is 4.79 Å². The third-order valence-corrected chi connectivity index (χ3v) is 3.38. The Bertz CT molecular complexity index is 509. The summed E-state index contributed by atoms with van der Waals surface area (Å²) in [5.74, 6) is -2.09. The number of amides is 1. The predicted molar refractivity (Wildman–Crippen MR) is 72.4 cm³/mol. The van der Waals surface area contributed by atoms with Crippen LogP contribution in [0.25, 0.3) is 0 Å². The van der Waals surface area contributed by atoms with E-state index in [0.29, 0.717) is 26.1 Å². The van der Waals surface area contributed by atoms with E-state index in [1.165, 1.54) is 0 Å². The molecule has 1 unspecified atom stereocenters. The average molecular weight is 284 g/mol. The first kappa shape index (κ1) is 14.5. The minimum absolute atomic E-state index is 0.0186. The van der Waals surface area contributed by atoms with E-state index < -0.39 is 17.5 Å². The highest BCUT2D eigenvalue weighted by Gasteiger charge is 2.27. The van der Waals surface area contributed by atoms with Crippen LogP contribution in [0.15, 0.2) is 6.07 Å². The van der Waals surface area contributed by atoms with Gasteiger partial charge in [0.2, 0.25) is 5.91 Å². The molecule has 0 aromatic carbocycles. The first-order valence-electron chi connectivity index (χ1n) is 6.67. The molecule has 20 heavy (non-hydrogen) atoms. The minimum atomic E-state index is -0.728. The molecule has 1 fully saturated rings. The number of anilines is 2. The van der Waals surface area contributed by atoms with Gasteiger partial charge >= 0.3 is 0 Å². The Morgan fingerprint density at radius 1 is 1.55 bits per heavy atom. The van der Waals surface area contributed by atoms with E-state index in [1.807, 2.05) is 0 Å². The second kappa shape index (κ2) is 6.02. The molecule has 2 rings (SSSR count). The van der Waals surface area contributed by atoms with Crippen molar-refractivity contribution in [3.05, 3.63) is 17.7 Å². The lowest BCUT2D eigenvalue weighted by molar-refractivity contribution is -0.122. The van der Waals surface area contributed by atoms with Crippen LogP contribution in [0.5, 0.6) is 0 Å². The molecule has 0 radical (unpaired) electrons. The zero-order chi connectivity index (χ0) is 14.7. The number of aromatic nitrogens is 1. The summed E-state index contributed by atoms with van der Waals surface area (Å²) in [5, 5.41) is 2.75. The number of nitrogens with zero attached hydrogens (tertiary/aromatic N) is 2. The van der Waals surface area contributed by atoms with E-state index in [1.54, 1.807) is 11.8 Å². The van der Waals surface area contributed by atoms with Crippen molar-refractivity contribution < 1.29 is 13.6 Å². The zero-order valence-electron chi connectivity index (χ0n) is 11.3. The molecule has 1 atom stereocenters. The molecule has 110 valence electrons. The molecule has 1 aliphatic heterocycles. The molecule has 7 heteroatoms. The standard InChI is InChI=1S/C13H18F2N4O/c1-2-17-12-9(14)6-10(15)13(18-12)19-5-3-4-8(7-19)11(16)20/h6,8H,2-5,7H2,1H3,(H2,16,20)(H,17,18). The quantitative estimate of drug-likeness (QED) is 0.879. The third kappa shape index (κ3) is 2.97. The zero-order valence-corrected chi connectivity index (χ0v) is 11.3. The first-order chi connectivity index (χ1) is 9.52. The summed E-state index contributed by atoms with van der Waals surface area (Å²) in [6.07, 6.45) is 1.41. The van der Waals surface area contributed by atoms with Gasteiger partial charge in [-0.25, -0.2) is 13.8 Å². The normalized spacial score (nSPS) is 18.9. The number of hydrogen-bond acceptors (Lipinski definition) is 4. The highest BCUT2D eigenvalue weighted by atomic mass is 19.1. The summed E-state index contributed by atoms with van der Waals surface area (Å²) in [5.41, 5.74) is 5.30. The Labute approximate surface area is 116 Å². The van der Waals surface area contributed by atoms with Gasteiger partial charge in [0.25, 0.3) is 0 Å². The molecule has 0 aliphatic carbocycles. The van der Waals surface area contributed by atoms with Crippen molar-refractivity contribution in [1.29, 1.82) is 0 Å². The number of pyridine rings is 1. The lowest BCUT2D eigenvalue weighted by Crippen LogP contribution is -2.42.